The van der Waals surface area contributed by atoms with Gasteiger partial charge in [-0.05, 0) is 48.9 Å². The van der Waals surface area contributed by atoms with E-state index in [-0.39, 0.29) is 17.9 Å². The fourth-order valence-corrected chi connectivity index (χ4v) is 5.32. The molecule has 4 nitrogen and oxygen atoms in total. The molecule has 0 spiro atoms. The molecule has 1 fully saturated rings. The zero-order valence-corrected chi connectivity index (χ0v) is 21.2. The standard InChI is InChI=1S/C26H33BrN2O2S/c1-2-24(26(31)28-23-10-6-7-11-23)29(17-16-20-8-4-3-5-9-20)25(30)19-32-18-21-12-14-22(27)15-13-21/h3-5,8-9,12-15,23-24H,2,6-7,10-11,16-19H2,1H3,(H,28,31)/t24-/m0/s1. The Morgan fingerprint density at radius 3 is 2.41 bits per heavy atom. The average molecular weight is 518 g/mol. The Kier molecular flexibility index (Phi) is 10.1. The van der Waals surface area contributed by atoms with E-state index in [9.17, 15) is 9.59 Å². The molecule has 1 aliphatic carbocycles. The van der Waals surface area contributed by atoms with Gasteiger partial charge >= 0.3 is 0 Å². The van der Waals surface area contributed by atoms with Gasteiger partial charge in [-0.15, -0.1) is 11.8 Å². The minimum Gasteiger partial charge on any atom is -0.352 e. The minimum atomic E-state index is -0.417. The predicted octanol–water partition coefficient (Wildman–Crippen LogP) is 5.59. The number of amides is 2. The van der Waals surface area contributed by atoms with Crippen LogP contribution in [-0.2, 0) is 21.8 Å². The molecule has 1 N–H and O–H groups in total. The van der Waals surface area contributed by atoms with Crippen LogP contribution in [0.15, 0.2) is 59.1 Å². The Hall–Kier alpha value is -1.79. The summed E-state index contributed by atoms with van der Waals surface area (Å²) in [5.74, 6) is 1.18. The maximum Gasteiger partial charge on any atom is 0.243 e. The monoisotopic (exact) mass is 516 g/mol. The van der Waals surface area contributed by atoms with E-state index in [0.717, 1.165) is 29.5 Å². The molecule has 2 aromatic carbocycles. The molecule has 0 saturated heterocycles. The van der Waals surface area contributed by atoms with Crippen LogP contribution in [0.2, 0.25) is 0 Å². The Morgan fingerprint density at radius 1 is 1.06 bits per heavy atom. The van der Waals surface area contributed by atoms with Crippen LogP contribution in [-0.4, -0.2) is 41.1 Å². The van der Waals surface area contributed by atoms with Gasteiger partial charge in [0.2, 0.25) is 11.8 Å². The first-order valence-electron chi connectivity index (χ1n) is 11.5. The van der Waals surface area contributed by atoms with E-state index in [1.165, 1.54) is 24.0 Å². The highest BCUT2D eigenvalue weighted by molar-refractivity contribution is 9.10. The molecule has 1 atom stereocenters. The SMILES string of the molecule is CC[C@@H](C(=O)NC1CCCC1)N(CCc1ccccc1)C(=O)CSCc1ccc(Br)cc1. The van der Waals surface area contributed by atoms with Crippen molar-refractivity contribution in [3.05, 3.63) is 70.2 Å². The summed E-state index contributed by atoms with van der Waals surface area (Å²) >= 11 is 5.06. The van der Waals surface area contributed by atoms with Crippen molar-refractivity contribution in [2.24, 2.45) is 0 Å². The minimum absolute atomic E-state index is 0.00118. The van der Waals surface area contributed by atoms with E-state index in [4.69, 9.17) is 0 Å². The molecule has 0 heterocycles. The summed E-state index contributed by atoms with van der Waals surface area (Å²) < 4.78 is 1.05. The van der Waals surface area contributed by atoms with Gasteiger partial charge in [0.15, 0.2) is 0 Å². The number of nitrogens with one attached hydrogen (secondary N) is 1. The first kappa shape index (κ1) is 24.8. The molecule has 0 aliphatic heterocycles. The van der Waals surface area contributed by atoms with Crippen molar-refractivity contribution < 1.29 is 9.59 Å². The molecule has 2 aromatic rings. The number of nitrogens with zero attached hydrogens (tertiary/aromatic N) is 1. The molecule has 0 aromatic heterocycles. The predicted molar refractivity (Wildman–Crippen MR) is 137 cm³/mol. The lowest BCUT2D eigenvalue weighted by molar-refractivity contribution is -0.139. The van der Waals surface area contributed by atoms with Crippen molar-refractivity contribution >= 4 is 39.5 Å². The zero-order valence-electron chi connectivity index (χ0n) is 18.8. The van der Waals surface area contributed by atoms with Crippen LogP contribution in [0.3, 0.4) is 0 Å². The Balaban J connectivity index is 1.63. The fraction of sp³-hybridized carbons (Fsp3) is 0.462. The molecule has 6 heteroatoms. The van der Waals surface area contributed by atoms with Crippen LogP contribution >= 0.6 is 27.7 Å². The van der Waals surface area contributed by atoms with Crippen LogP contribution in [0.4, 0.5) is 0 Å². The Labute approximate surface area is 204 Å². The molecular weight excluding hydrogens is 484 g/mol. The van der Waals surface area contributed by atoms with Gasteiger partial charge < -0.3 is 10.2 Å². The molecule has 0 unspecified atom stereocenters. The highest BCUT2D eigenvalue weighted by Crippen LogP contribution is 2.20. The normalized spacial score (nSPS) is 14.8. The average Bonchev–Trinajstić information content (AvgIpc) is 3.31. The highest BCUT2D eigenvalue weighted by Gasteiger charge is 2.30. The van der Waals surface area contributed by atoms with Crippen LogP contribution in [0.5, 0.6) is 0 Å². The van der Waals surface area contributed by atoms with Crippen LogP contribution < -0.4 is 5.32 Å². The smallest absolute Gasteiger partial charge is 0.243 e. The Morgan fingerprint density at radius 2 is 1.75 bits per heavy atom. The molecule has 172 valence electrons. The quantitative estimate of drug-likeness (QED) is 0.423. The molecule has 2 amide bonds. The van der Waals surface area contributed by atoms with Gasteiger partial charge in [0.05, 0.1) is 5.75 Å². The molecule has 3 rings (SSSR count). The molecule has 0 bridgehead atoms. The maximum atomic E-state index is 13.3. The molecule has 0 radical (unpaired) electrons. The van der Waals surface area contributed by atoms with E-state index in [2.05, 4.69) is 45.5 Å². The van der Waals surface area contributed by atoms with E-state index in [1.54, 1.807) is 11.8 Å². The second-order valence-electron chi connectivity index (χ2n) is 8.36. The second kappa shape index (κ2) is 13.0. The lowest BCUT2D eigenvalue weighted by atomic mass is 10.1. The molecule has 32 heavy (non-hydrogen) atoms. The van der Waals surface area contributed by atoms with Crippen molar-refractivity contribution in [3.8, 4) is 0 Å². The van der Waals surface area contributed by atoms with Gasteiger partial charge in [0.1, 0.15) is 6.04 Å². The van der Waals surface area contributed by atoms with Gasteiger partial charge in [0.25, 0.3) is 0 Å². The second-order valence-corrected chi connectivity index (χ2v) is 10.3. The topological polar surface area (TPSA) is 49.4 Å². The molecule has 1 saturated carbocycles. The van der Waals surface area contributed by atoms with E-state index in [1.807, 2.05) is 42.2 Å². The molecular formula is C26H33BrN2O2S. The number of hydrogen-bond acceptors (Lipinski definition) is 3. The molecule has 1 aliphatic rings. The first-order valence-corrected chi connectivity index (χ1v) is 13.5. The van der Waals surface area contributed by atoms with Crippen LogP contribution in [0, 0.1) is 0 Å². The lowest BCUT2D eigenvalue weighted by Gasteiger charge is -2.31. The number of halogens is 1. The summed E-state index contributed by atoms with van der Waals surface area (Å²) in [5, 5.41) is 3.21. The summed E-state index contributed by atoms with van der Waals surface area (Å²) in [6.07, 6.45) is 5.80. The summed E-state index contributed by atoms with van der Waals surface area (Å²) in [6.45, 7) is 2.55. The summed E-state index contributed by atoms with van der Waals surface area (Å²) in [7, 11) is 0. The number of benzene rings is 2. The van der Waals surface area contributed by atoms with Crippen molar-refractivity contribution in [1.82, 2.24) is 10.2 Å². The van der Waals surface area contributed by atoms with Crippen molar-refractivity contribution in [1.29, 1.82) is 0 Å². The van der Waals surface area contributed by atoms with E-state index >= 15 is 0 Å². The summed E-state index contributed by atoms with van der Waals surface area (Å²) in [4.78, 5) is 28.2. The van der Waals surface area contributed by atoms with Crippen LogP contribution in [0.25, 0.3) is 0 Å². The highest BCUT2D eigenvalue weighted by atomic mass is 79.9. The zero-order chi connectivity index (χ0) is 22.8. The van der Waals surface area contributed by atoms with Gasteiger partial charge in [-0.1, -0.05) is 78.2 Å². The maximum absolute atomic E-state index is 13.3. The largest absolute Gasteiger partial charge is 0.352 e. The van der Waals surface area contributed by atoms with Crippen molar-refractivity contribution in [3.63, 3.8) is 0 Å². The van der Waals surface area contributed by atoms with Crippen molar-refractivity contribution in [2.75, 3.05) is 12.3 Å². The van der Waals surface area contributed by atoms with E-state index < -0.39 is 6.04 Å². The summed E-state index contributed by atoms with van der Waals surface area (Å²) in [6, 6.07) is 18.2. The van der Waals surface area contributed by atoms with Gasteiger partial charge in [-0.25, -0.2) is 0 Å². The first-order chi connectivity index (χ1) is 15.6. The lowest BCUT2D eigenvalue weighted by Crippen LogP contribution is -2.52. The number of thioether (sulfide) groups is 1. The summed E-state index contributed by atoms with van der Waals surface area (Å²) in [5.41, 5.74) is 2.37. The number of hydrogen-bond donors (Lipinski definition) is 1. The van der Waals surface area contributed by atoms with Gasteiger partial charge in [-0.3, -0.25) is 9.59 Å². The third-order valence-corrected chi connectivity index (χ3v) is 7.50. The number of carbonyl (C=O) groups excluding carboxylic acids is 2. The third-order valence-electron chi connectivity index (χ3n) is 5.98. The van der Waals surface area contributed by atoms with E-state index in [0.29, 0.717) is 18.7 Å². The fourth-order valence-electron chi connectivity index (χ4n) is 4.18. The van der Waals surface area contributed by atoms with Gasteiger partial charge in [-0.2, -0.15) is 0 Å². The number of carbonyl (C=O) groups is 2. The van der Waals surface area contributed by atoms with Crippen LogP contribution in [0.1, 0.15) is 50.2 Å². The van der Waals surface area contributed by atoms with Gasteiger partial charge in [0, 0.05) is 22.8 Å². The Bertz CT molecular complexity index is 854. The van der Waals surface area contributed by atoms with Crippen molar-refractivity contribution in [2.45, 2.75) is 63.3 Å². The number of rotatable bonds is 11. The third kappa shape index (κ3) is 7.66.